The lowest BCUT2D eigenvalue weighted by molar-refractivity contribution is -0.130. The third kappa shape index (κ3) is 6.99. The molecule has 2 aromatic carbocycles. The Labute approximate surface area is 206 Å². The average molecular weight is 502 g/mol. The fourth-order valence-electron chi connectivity index (χ4n) is 3.81. The van der Waals surface area contributed by atoms with Gasteiger partial charge in [0.1, 0.15) is 10.7 Å². The highest BCUT2D eigenvalue weighted by molar-refractivity contribution is 7.89. The van der Waals surface area contributed by atoms with E-state index >= 15 is 0 Å². The molecule has 3 rings (SSSR count). The van der Waals surface area contributed by atoms with Gasteiger partial charge in [0.15, 0.2) is 0 Å². The van der Waals surface area contributed by atoms with Gasteiger partial charge < -0.3 is 10.6 Å². The Morgan fingerprint density at radius 3 is 2.46 bits per heavy atom. The second kappa shape index (κ2) is 11.1. The first-order valence-corrected chi connectivity index (χ1v) is 13.1. The Morgan fingerprint density at radius 2 is 1.74 bits per heavy atom. The molecule has 2 unspecified atom stereocenters. The van der Waals surface area contributed by atoms with E-state index in [9.17, 15) is 22.4 Å². The summed E-state index contributed by atoms with van der Waals surface area (Å²) in [5, 5.41) is 5.95. The first-order chi connectivity index (χ1) is 16.5. The van der Waals surface area contributed by atoms with E-state index in [0.717, 1.165) is 17.7 Å². The zero-order chi connectivity index (χ0) is 25.6. The number of carbonyl (C=O) groups excluding carboxylic acids is 2. The minimum Gasteiger partial charge on any atom is -0.351 e. The number of aryl methyl sites for hydroxylation is 1. The molecule has 2 amide bonds. The topological polar surface area (TPSA) is 104 Å². The van der Waals surface area contributed by atoms with Crippen LogP contribution in [0.25, 0.3) is 0 Å². The van der Waals surface area contributed by atoms with E-state index in [-0.39, 0.29) is 18.0 Å². The number of fused-ring (bicyclic) bond motifs is 2. The number of sulfonamides is 1. The zero-order valence-electron chi connectivity index (χ0n) is 20.2. The van der Waals surface area contributed by atoms with E-state index in [2.05, 4.69) is 15.4 Å². The number of hydrogen-bond donors (Lipinski definition) is 3. The molecule has 0 aromatic heterocycles. The van der Waals surface area contributed by atoms with Crippen molar-refractivity contribution < 1.29 is 22.4 Å². The van der Waals surface area contributed by atoms with Crippen LogP contribution in [0.1, 0.15) is 49.5 Å². The van der Waals surface area contributed by atoms with Crippen molar-refractivity contribution in [2.45, 2.75) is 57.0 Å². The molecule has 2 atom stereocenters. The van der Waals surface area contributed by atoms with E-state index in [4.69, 9.17) is 0 Å². The summed E-state index contributed by atoms with van der Waals surface area (Å²) in [5.74, 6) is -1.67. The summed E-state index contributed by atoms with van der Waals surface area (Å²) in [6.45, 7) is 5.34. The van der Waals surface area contributed by atoms with Crippen LogP contribution in [0, 0.1) is 11.2 Å². The van der Waals surface area contributed by atoms with Crippen LogP contribution in [0.4, 0.5) is 4.39 Å². The maximum atomic E-state index is 14.4. The van der Waals surface area contributed by atoms with Gasteiger partial charge in [-0.2, -0.15) is 0 Å². The molecule has 3 N–H and O–H groups in total. The van der Waals surface area contributed by atoms with Crippen LogP contribution in [-0.2, 0) is 21.2 Å². The first kappa shape index (κ1) is 26.6. The van der Waals surface area contributed by atoms with Crippen molar-refractivity contribution in [3.63, 3.8) is 0 Å². The highest BCUT2D eigenvalue weighted by atomic mass is 32.2. The van der Waals surface area contributed by atoms with Gasteiger partial charge in [-0.1, -0.05) is 56.3 Å². The van der Waals surface area contributed by atoms with Gasteiger partial charge in [0.25, 0.3) is 5.91 Å². The SMILES string of the molecule is CC1NC(=O)C(C)(C)C/C=C/CNS(=O)(=O)c2cc(ccc2F)C(=O)NC1CCc1ccccc1. The summed E-state index contributed by atoms with van der Waals surface area (Å²) in [4.78, 5) is 25.5. The minimum atomic E-state index is -4.19. The molecule has 188 valence electrons. The average Bonchev–Trinajstić information content (AvgIpc) is 2.81. The lowest BCUT2D eigenvalue weighted by Gasteiger charge is -2.30. The molecule has 2 bridgehead atoms. The molecule has 0 saturated heterocycles. The summed E-state index contributed by atoms with van der Waals surface area (Å²) in [6.07, 6.45) is 4.87. The van der Waals surface area contributed by atoms with Crippen molar-refractivity contribution >= 4 is 21.8 Å². The van der Waals surface area contributed by atoms with Gasteiger partial charge in [0.2, 0.25) is 15.9 Å². The maximum Gasteiger partial charge on any atom is 0.251 e. The Hall–Kier alpha value is -3.04. The van der Waals surface area contributed by atoms with E-state index in [1.54, 1.807) is 26.0 Å². The van der Waals surface area contributed by atoms with Crippen LogP contribution >= 0.6 is 0 Å². The number of benzene rings is 2. The number of hydrogen-bond acceptors (Lipinski definition) is 4. The first-order valence-electron chi connectivity index (χ1n) is 11.6. The van der Waals surface area contributed by atoms with Crippen LogP contribution in [0.3, 0.4) is 0 Å². The van der Waals surface area contributed by atoms with Crippen molar-refractivity contribution in [3.8, 4) is 0 Å². The maximum absolute atomic E-state index is 14.4. The molecule has 9 heteroatoms. The highest BCUT2D eigenvalue weighted by Gasteiger charge is 2.30. The highest BCUT2D eigenvalue weighted by Crippen LogP contribution is 2.22. The molecule has 0 radical (unpaired) electrons. The van der Waals surface area contributed by atoms with Gasteiger partial charge in [-0.15, -0.1) is 0 Å². The molecule has 1 heterocycles. The number of allylic oxidation sites excluding steroid dienone is 1. The van der Waals surface area contributed by atoms with E-state index < -0.39 is 44.1 Å². The van der Waals surface area contributed by atoms with Crippen molar-refractivity contribution in [3.05, 3.63) is 77.6 Å². The van der Waals surface area contributed by atoms with Gasteiger partial charge in [-0.25, -0.2) is 17.5 Å². The number of nitrogens with one attached hydrogen (secondary N) is 3. The Bertz CT molecular complexity index is 1200. The van der Waals surface area contributed by atoms with Gasteiger partial charge in [0, 0.05) is 29.6 Å². The molecule has 35 heavy (non-hydrogen) atoms. The Morgan fingerprint density at radius 1 is 1.03 bits per heavy atom. The van der Waals surface area contributed by atoms with E-state index in [1.807, 2.05) is 37.3 Å². The van der Waals surface area contributed by atoms with Crippen molar-refractivity contribution in [1.82, 2.24) is 15.4 Å². The van der Waals surface area contributed by atoms with Crippen LogP contribution in [0.5, 0.6) is 0 Å². The van der Waals surface area contributed by atoms with Crippen LogP contribution in [-0.4, -0.2) is 38.9 Å². The van der Waals surface area contributed by atoms with Crippen LogP contribution in [0.15, 0.2) is 65.6 Å². The fraction of sp³-hybridized carbons (Fsp3) is 0.385. The van der Waals surface area contributed by atoms with Crippen LogP contribution < -0.4 is 15.4 Å². The van der Waals surface area contributed by atoms with E-state index in [1.165, 1.54) is 6.07 Å². The number of halogens is 1. The molecule has 0 fully saturated rings. The molecule has 7 nitrogen and oxygen atoms in total. The normalized spacial score (nSPS) is 23.7. The van der Waals surface area contributed by atoms with Crippen molar-refractivity contribution in [1.29, 1.82) is 0 Å². The molecule has 1 aliphatic rings. The second-order valence-electron chi connectivity index (χ2n) is 9.42. The predicted molar refractivity (Wildman–Crippen MR) is 133 cm³/mol. The van der Waals surface area contributed by atoms with Crippen molar-refractivity contribution in [2.24, 2.45) is 5.41 Å². The molecular weight excluding hydrogens is 469 g/mol. The molecule has 0 spiro atoms. The Balaban J connectivity index is 1.95. The standard InChI is InChI=1S/C26H32FN3O4S/c1-18-22(14-11-19-9-5-4-6-10-19)30-24(31)20-12-13-21(27)23(17-20)35(33,34)28-16-8-7-15-26(2,3)25(32)29-18/h4-10,12-13,17-18,22,28H,11,14-16H2,1-3H3,(H,29,32)(H,30,31)/b8-7+. The molecule has 1 aliphatic heterocycles. The largest absolute Gasteiger partial charge is 0.351 e. The summed E-state index contributed by atoms with van der Waals surface area (Å²) in [7, 11) is -4.19. The zero-order valence-corrected chi connectivity index (χ0v) is 21.0. The summed E-state index contributed by atoms with van der Waals surface area (Å²) in [6, 6.07) is 12.1. The molecule has 2 aromatic rings. The van der Waals surface area contributed by atoms with Gasteiger partial charge in [0.05, 0.1) is 0 Å². The fourth-order valence-corrected chi connectivity index (χ4v) is 4.89. The molecule has 0 saturated carbocycles. The third-order valence-electron chi connectivity index (χ3n) is 6.15. The molecule has 0 aliphatic carbocycles. The quantitative estimate of drug-likeness (QED) is 0.561. The minimum absolute atomic E-state index is 0.0120. The number of carbonyl (C=O) groups is 2. The lowest BCUT2D eigenvalue weighted by atomic mass is 9.87. The lowest BCUT2D eigenvalue weighted by Crippen LogP contribution is -2.53. The summed E-state index contributed by atoms with van der Waals surface area (Å²) >= 11 is 0. The predicted octanol–water partition coefficient (Wildman–Crippen LogP) is 3.33. The Kier molecular flexibility index (Phi) is 8.45. The summed E-state index contributed by atoms with van der Waals surface area (Å²) in [5.41, 5.74) is 0.336. The number of rotatable bonds is 3. The van der Waals surface area contributed by atoms with Gasteiger partial charge in [-0.3, -0.25) is 9.59 Å². The number of amides is 2. The van der Waals surface area contributed by atoms with Gasteiger partial charge in [-0.05, 0) is 49.9 Å². The van der Waals surface area contributed by atoms with Crippen LogP contribution in [0.2, 0.25) is 0 Å². The monoisotopic (exact) mass is 501 g/mol. The third-order valence-corrected chi connectivity index (χ3v) is 7.59. The molecular formula is C26H32FN3O4S. The second-order valence-corrected chi connectivity index (χ2v) is 11.2. The summed E-state index contributed by atoms with van der Waals surface area (Å²) < 4.78 is 42.0. The smallest absolute Gasteiger partial charge is 0.251 e. The van der Waals surface area contributed by atoms with Crippen molar-refractivity contribution in [2.75, 3.05) is 6.54 Å². The van der Waals surface area contributed by atoms with E-state index in [0.29, 0.717) is 19.3 Å². The van der Waals surface area contributed by atoms with Gasteiger partial charge >= 0.3 is 0 Å².